The fraction of sp³-hybridized carbons (Fsp3) is 0.316. The first-order valence-corrected chi connectivity index (χ1v) is 10.1. The van der Waals surface area contributed by atoms with E-state index in [-0.39, 0.29) is 23.8 Å². The lowest BCUT2D eigenvalue weighted by molar-refractivity contribution is -0.118. The minimum atomic E-state index is -0.357. The van der Waals surface area contributed by atoms with Crippen molar-refractivity contribution in [2.24, 2.45) is 5.73 Å². The number of aromatic nitrogens is 2. The van der Waals surface area contributed by atoms with Crippen LogP contribution in [0.4, 0.5) is 0 Å². The molecular weight excluding hydrogens is 414 g/mol. The zero-order valence-corrected chi connectivity index (χ0v) is 17.1. The first-order chi connectivity index (χ1) is 12.4. The van der Waals surface area contributed by atoms with Crippen molar-refractivity contribution in [3.63, 3.8) is 0 Å². The molecule has 1 amide bonds. The van der Waals surface area contributed by atoms with Gasteiger partial charge in [-0.15, -0.1) is 11.3 Å². The van der Waals surface area contributed by atoms with E-state index in [0.29, 0.717) is 18.4 Å². The molecule has 0 unspecified atom stereocenters. The maximum absolute atomic E-state index is 13.3. The number of hydrogen-bond donors (Lipinski definition) is 1. The molecule has 2 N–H and O–H groups in total. The summed E-state index contributed by atoms with van der Waals surface area (Å²) in [4.78, 5) is 29.8. The lowest BCUT2D eigenvalue weighted by atomic mass is 10.1. The van der Waals surface area contributed by atoms with Crippen molar-refractivity contribution in [3.8, 4) is 11.1 Å². The quantitative estimate of drug-likeness (QED) is 0.629. The Kier molecular flexibility index (Phi) is 5.58. The monoisotopic (exact) mass is 433 g/mol. The second-order valence-electron chi connectivity index (χ2n) is 6.49. The van der Waals surface area contributed by atoms with Crippen molar-refractivity contribution in [2.45, 2.75) is 39.2 Å². The molecule has 0 atom stereocenters. The highest BCUT2D eigenvalue weighted by molar-refractivity contribution is 9.10. The summed E-state index contributed by atoms with van der Waals surface area (Å²) in [5.74, 6) is 0.499. The zero-order chi connectivity index (χ0) is 18.8. The highest BCUT2D eigenvalue weighted by Crippen LogP contribution is 2.32. The molecule has 0 radical (unpaired) electrons. The molecule has 0 saturated carbocycles. The number of nitrogens with two attached hydrogens (primary N) is 1. The van der Waals surface area contributed by atoms with Gasteiger partial charge < -0.3 is 5.73 Å². The highest BCUT2D eigenvalue weighted by Gasteiger charge is 2.18. The number of primary amides is 1. The molecule has 2 heterocycles. The number of rotatable bonds is 6. The Labute approximate surface area is 164 Å². The van der Waals surface area contributed by atoms with Gasteiger partial charge in [0.05, 0.1) is 5.39 Å². The normalized spacial score (nSPS) is 11.4. The van der Waals surface area contributed by atoms with E-state index in [2.05, 4.69) is 15.9 Å². The average Bonchev–Trinajstić information content (AvgIpc) is 3.01. The molecule has 3 aromatic rings. The Morgan fingerprint density at radius 3 is 2.62 bits per heavy atom. The summed E-state index contributed by atoms with van der Waals surface area (Å²) in [6.45, 7) is 4.47. The molecule has 0 bridgehead atoms. The second kappa shape index (κ2) is 7.72. The van der Waals surface area contributed by atoms with Crippen molar-refractivity contribution in [2.75, 3.05) is 0 Å². The number of carbonyl (C=O) groups excluding carboxylic acids is 1. The van der Waals surface area contributed by atoms with Gasteiger partial charge in [-0.2, -0.15) is 0 Å². The van der Waals surface area contributed by atoms with Crippen molar-refractivity contribution in [1.29, 1.82) is 0 Å². The third-order valence-electron chi connectivity index (χ3n) is 4.20. The topological polar surface area (TPSA) is 78.0 Å². The predicted octanol–water partition coefficient (Wildman–Crippen LogP) is 4.28. The SMILES string of the molecule is CC(C)c1nc2scc(-c3ccc(Br)cc3)c2c(=O)n1CCCC(N)=O. The first kappa shape index (κ1) is 18.8. The first-order valence-electron chi connectivity index (χ1n) is 8.44. The van der Waals surface area contributed by atoms with Gasteiger partial charge in [-0.25, -0.2) is 4.98 Å². The summed E-state index contributed by atoms with van der Waals surface area (Å²) in [6, 6.07) is 7.89. The third-order valence-corrected chi connectivity index (χ3v) is 5.60. The number of halogens is 1. The highest BCUT2D eigenvalue weighted by atomic mass is 79.9. The van der Waals surface area contributed by atoms with Crippen LogP contribution in [0.2, 0.25) is 0 Å². The van der Waals surface area contributed by atoms with Gasteiger partial charge in [-0.1, -0.05) is 41.9 Å². The standard InChI is InChI=1S/C19H20BrN3O2S/c1-11(2)17-22-18-16(19(25)23(17)9-3-4-15(21)24)14(10-26-18)12-5-7-13(20)8-6-12/h5-8,10-11H,3-4,9H2,1-2H3,(H2,21,24). The second-order valence-corrected chi connectivity index (χ2v) is 8.26. The number of nitrogens with zero attached hydrogens (tertiary/aromatic N) is 2. The van der Waals surface area contributed by atoms with Crippen LogP contribution in [0.3, 0.4) is 0 Å². The minimum absolute atomic E-state index is 0.0534. The Balaban J connectivity index is 2.15. The molecular formula is C19H20BrN3O2S. The molecule has 0 aliphatic heterocycles. The van der Waals surface area contributed by atoms with Crippen molar-refractivity contribution < 1.29 is 4.79 Å². The molecule has 3 rings (SSSR count). The Hall–Kier alpha value is -1.99. The van der Waals surface area contributed by atoms with Crippen LogP contribution < -0.4 is 11.3 Å². The maximum atomic E-state index is 13.3. The van der Waals surface area contributed by atoms with Crippen LogP contribution in [0.1, 0.15) is 38.4 Å². The van der Waals surface area contributed by atoms with Crippen LogP contribution in [0.5, 0.6) is 0 Å². The molecule has 2 aromatic heterocycles. The molecule has 136 valence electrons. The molecule has 0 saturated heterocycles. The lowest BCUT2D eigenvalue weighted by Gasteiger charge is -2.15. The van der Waals surface area contributed by atoms with E-state index < -0.39 is 0 Å². The Morgan fingerprint density at radius 1 is 1.31 bits per heavy atom. The fourth-order valence-electron chi connectivity index (χ4n) is 2.95. The van der Waals surface area contributed by atoms with E-state index in [1.54, 1.807) is 4.57 Å². The molecule has 7 heteroatoms. The number of carbonyl (C=O) groups is 1. The van der Waals surface area contributed by atoms with Crippen LogP contribution >= 0.6 is 27.3 Å². The smallest absolute Gasteiger partial charge is 0.262 e. The largest absolute Gasteiger partial charge is 0.370 e. The van der Waals surface area contributed by atoms with Crippen LogP contribution in [0, 0.1) is 0 Å². The Bertz CT molecular complexity index is 1010. The van der Waals surface area contributed by atoms with Crippen LogP contribution in [-0.4, -0.2) is 15.5 Å². The van der Waals surface area contributed by atoms with Crippen molar-refractivity contribution in [1.82, 2.24) is 9.55 Å². The Morgan fingerprint density at radius 2 is 2.00 bits per heavy atom. The molecule has 5 nitrogen and oxygen atoms in total. The van der Waals surface area contributed by atoms with Crippen molar-refractivity contribution in [3.05, 3.63) is 50.3 Å². The molecule has 26 heavy (non-hydrogen) atoms. The zero-order valence-electron chi connectivity index (χ0n) is 14.7. The number of hydrogen-bond acceptors (Lipinski definition) is 4. The van der Waals surface area contributed by atoms with Crippen LogP contribution in [-0.2, 0) is 11.3 Å². The number of amides is 1. The molecule has 0 aliphatic carbocycles. The molecule has 0 fully saturated rings. The van der Waals surface area contributed by atoms with Gasteiger partial charge in [0.2, 0.25) is 5.91 Å². The average molecular weight is 434 g/mol. The fourth-order valence-corrected chi connectivity index (χ4v) is 4.16. The van der Waals surface area contributed by atoms with Crippen molar-refractivity contribution >= 4 is 43.4 Å². The van der Waals surface area contributed by atoms with E-state index in [4.69, 9.17) is 10.7 Å². The van der Waals surface area contributed by atoms with Gasteiger partial charge in [0.15, 0.2) is 0 Å². The molecule has 0 aliphatic rings. The number of fused-ring (bicyclic) bond motifs is 1. The van der Waals surface area contributed by atoms with Gasteiger partial charge in [0.1, 0.15) is 10.7 Å². The van der Waals surface area contributed by atoms with Gasteiger partial charge in [0, 0.05) is 34.3 Å². The summed E-state index contributed by atoms with van der Waals surface area (Å²) in [6.07, 6.45) is 0.783. The van der Waals surface area contributed by atoms with Gasteiger partial charge in [0.25, 0.3) is 5.56 Å². The summed E-state index contributed by atoms with van der Waals surface area (Å²) >= 11 is 4.92. The van der Waals surface area contributed by atoms with Crippen LogP contribution in [0.15, 0.2) is 38.9 Å². The lowest BCUT2D eigenvalue weighted by Crippen LogP contribution is -2.26. The minimum Gasteiger partial charge on any atom is -0.370 e. The van der Waals surface area contributed by atoms with E-state index in [9.17, 15) is 9.59 Å². The maximum Gasteiger partial charge on any atom is 0.262 e. The van der Waals surface area contributed by atoms with Gasteiger partial charge in [-0.3, -0.25) is 14.2 Å². The summed E-state index contributed by atoms with van der Waals surface area (Å²) in [5, 5.41) is 2.63. The number of benzene rings is 1. The predicted molar refractivity (Wildman–Crippen MR) is 110 cm³/mol. The van der Waals surface area contributed by atoms with Crippen LogP contribution in [0.25, 0.3) is 21.3 Å². The summed E-state index contributed by atoms with van der Waals surface area (Å²) < 4.78 is 2.69. The van der Waals surface area contributed by atoms with E-state index in [1.807, 2.05) is 43.5 Å². The van der Waals surface area contributed by atoms with Gasteiger partial charge in [-0.05, 0) is 24.1 Å². The number of thiophene rings is 1. The molecule has 1 aromatic carbocycles. The van der Waals surface area contributed by atoms with E-state index in [1.165, 1.54) is 11.3 Å². The third kappa shape index (κ3) is 3.73. The summed E-state index contributed by atoms with van der Waals surface area (Å²) in [5.41, 5.74) is 7.06. The van der Waals surface area contributed by atoms with Gasteiger partial charge >= 0.3 is 0 Å². The molecule has 0 spiro atoms. The summed E-state index contributed by atoms with van der Waals surface area (Å²) in [7, 11) is 0. The van der Waals surface area contributed by atoms with E-state index in [0.717, 1.165) is 26.3 Å². The van der Waals surface area contributed by atoms with E-state index >= 15 is 0 Å².